The highest BCUT2D eigenvalue weighted by atomic mass is 16.1. The van der Waals surface area contributed by atoms with E-state index in [1.807, 2.05) is 18.2 Å². The van der Waals surface area contributed by atoms with Crippen LogP contribution in [0, 0.1) is 0 Å². The summed E-state index contributed by atoms with van der Waals surface area (Å²) in [6.45, 7) is 3.83. The largest absolute Gasteiger partial charge is 0.366 e. The third-order valence-corrected chi connectivity index (χ3v) is 4.15. The van der Waals surface area contributed by atoms with Gasteiger partial charge in [-0.15, -0.1) is 0 Å². The molecule has 4 rings (SSSR count). The normalized spacial score (nSPS) is 11.4. The van der Waals surface area contributed by atoms with Crippen LogP contribution < -0.4 is 5.73 Å². The maximum Gasteiger partial charge on any atom is 0.248 e. The van der Waals surface area contributed by atoms with E-state index in [-0.39, 0.29) is 0 Å². The van der Waals surface area contributed by atoms with Crippen molar-refractivity contribution in [1.29, 1.82) is 0 Å². The molecule has 2 N–H and O–H groups in total. The molecule has 0 bridgehead atoms. The van der Waals surface area contributed by atoms with Gasteiger partial charge in [-0.3, -0.25) is 4.79 Å². The Morgan fingerprint density at radius 3 is 2.05 bits per heavy atom. The minimum absolute atomic E-state index is 0.355. The van der Waals surface area contributed by atoms with E-state index in [0.717, 1.165) is 16.3 Å². The number of primary amides is 1. The maximum absolute atomic E-state index is 11.5. The fourth-order valence-electron chi connectivity index (χ4n) is 3.13. The first kappa shape index (κ1) is 11.9. The Bertz CT molecular complexity index is 1010. The Morgan fingerprint density at radius 1 is 0.810 bits per heavy atom. The Balaban J connectivity index is 2.26. The van der Waals surface area contributed by atoms with E-state index < -0.39 is 5.91 Å². The van der Waals surface area contributed by atoms with Crippen LogP contribution in [0.5, 0.6) is 0 Å². The van der Waals surface area contributed by atoms with Crippen molar-refractivity contribution in [3.63, 3.8) is 0 Å². The van der Waals surface area contributed by atoms with E-state index in [1.165, 1.54) is 21.5 Å². The van der Waals surface area contributed by atoms with E-state index in [1.54, 1.807) is 0 Å². The lowest BCUT2D eigenvalue weighted by Crippen LogP contribution is -2.12. The van der Waals surface area contributed by atoms with Gasteiger partial charge in [0.2, 0.25) is 5.91 Å². The second-order valence-corrected chi connectivity index (χ2v) is 5.31. The van der Waals surface area contributed by atoms with Gasteiger partial charge >= 0.3 is 0 Å². The predicted molar refractivity (Wildman–Crippen MR) is 88.4 cm³/mol. The van der Waals surface area contributed by atoms with E-state index >= 15 is 0 Å². The van der Waals surface area contributed by atoms with Gasteiger partial charge in [0.05, 0.1) is 0 Å². The van der Waals surface area contributed by atoms with Gasteiger partial charge in [0.1, 0.15) is 0 Å². The summed E-state index contributed by atoms with van der Waals surface area (Å²) in [6, 6.07) is 18.6. The SMILES string of the molecule is C=C(C(N)=O)c1ccc2ccc3cccc4ccc1c2c34. The number of nitrogens with two attached hydrogens (primary N) is 1. The molecule has 100 valence electrons. The molecule has 0 saturated carbocycles. The van der Waals surface area contributed by atoms with Crippen LogP contribution in [0.3, 0.4) is 0 Å². The van der Waals surface area contributed by atoms with Crippen LogP contribution >= 0.6 is 0 Å². The highest BCUT2D eigenvalue weighted by molar-refractivity contribution is 6.28. The van der Waals surface area contributed by atoms with Gasteiger partial charge in [0.15, 0.2) is 0 Å². The average Bonchev–Trinajstić information content (AvgIpc) is 2.51. The summed E-state index contributed by atoms with van der Waals surface area (Å²) < 4.78 is 0. The monoisotopic (exact) mass is 271 g/mol. The topological polar surface area (TPSA) is 43.1 Å². The average molecular weight is 271 g/mol. The summed E-state index contributed by atoms with van der Waals surface area (Å²) in [6.07, 6.45) is 0. The molecule has 0 spiro atoms. The molecule has 0 aliphatic carbocycles. The highest BCUT2D eigenvalue weighted by Gasteiger charge is 2.14. The zero-order valence-corrected chi connectivity index (χ0v) is 11.4. The molecule has 0 heterocycles. The number of hydrogen-bond acceptors (Lipinski definition) is 1. The molecule has 2 nitrogen and oxygen atoms in total. The molecule has 0 radical (unpaired) electrons. The summed E-state index contributed by atoms with van der Waals surface area (Å²) in [5.74, 6) is -0.481. The van der Waals surface area contributed by atoms with Crippen molar-refractivity contribution in [2.45, 2.75) is 0 Å². The van der Waals surface area contributed by atoms with Crippen LogP contribution in [0.2, 0.25) is 0 Å². The number of rotatable bonds is 2. The number of carbonyl (C=O) groups is 1. The smallest absolute Gasteiger partial charge is 0.248 e. The summed E-state index contributed by atoms with van der Waals surface area (Å²) in [7, 11) is 0. The van der Waals surface area contributed by atoms with E-state index in [0.29, 0.717) is 5.57 Å². The lowest BCUT2D eigenvalue weighted by atomic mass is 9.90. The molecule has 0 atom stereocenters. The first-order valence-corrected chi connectivity index (χ1v) is 6.82. The van der Waals surface area contributed by atoms with Crippen molar-refractivity contribution in [1.82, 2.24) is 0 Å². The molecule has 1 amide bonds. The quantitative estimate of drug-likeness (QED) is 0.433. The minimum atomic E-state index is -0.481. The second kappa shape index (κ2) is 4.06. The van der Waals surface area contributed by atoms with Crippen LogP contribution in [-0.4, -0.2) is 5.91 Å². The van der Waals surface area contributed by atoms with Crippen molar-refractivity contribution in [2.75, 3.05) is 0 Å². The molecule has 4 aromatic carbocycles. The van der Waals surface area contributed by atoms with Crippen molar-refractivity contribution < 1.29 is 4.79 Å². The number of amides is 1. The summed E-state index contributed by atoms with van der Waals surface area (Å²) in [4.78, 5) is 11.5. The fraction of sp³-hybridized carbons (Fsp3) is 0. The second-order valence-electron chi connectivity index (χ2n) is 5.31. The first-order valence-electron chi connectivity index (χ1n) is 6.82. The van der Waals surface area contributed by atoms with E-state index in [9.17, 15) is 4.79 Å². The molecule has 21 heavy (non-hydrogen) atoms. The molecule has 4 aromatic rings. The van der Waals surface area contributed by atoms with Gasteiger partial charge in [0.25, 0.3) is 0 Å². The molecular weight excluding hydrogens is 258 g/mol. The van der Waals surface area contributed by atoms with Gasteiger partial charge in [-0.05, 0) is 37.9 Å². The molecule has 0 unspecified atom stereocenters. The minimum Gasteiger partial charge on any atom is -0.366 e. The van der Waals surface area contributed by atoms with Crippen LogP contribution in [0.25, 0.3) is 37.9 Å². The zero-order chi connectivity index (χ0) is 14.6. The molecule has 0 saturated heterocycles. The third-order valence-electron chi connectivity index (χ3n) is 4.15. The van der Waals surface area contributed by atoms with Gasteiger partial charge in [-0.25, -0.2) is 0 Å². The van der Waals surface area contributed by atoms with Crippen molar-refractivity contribution >= 4 is 43.8 Å². The maximum atomic E-state index is 11.5. The van der Waals surface area contributed by atoms with Gasteiger partial charge in [-0.1, -0.05) is 61.2 Å². The number of benzene rings is 4. The van der Waals surface area contributed by atoms with Gasteiger partial charge < -0.3 is 5.73 Å². The Labute approximate surface area is 121 Å². The molecular formula is C19H13NO. The zero-order valence-electron chi connectivity index (χ0n) is 11.4. The number of hydrogen-bond donors (Lipinski definition) is 1. The summed E-state index contributed by atoms with van der Waals surface area (Å²) >= 11 is 0. The van der Waals surface area contributed by atoms with Crippen LogP contribution in [0.4, 0.5) is 0 Å². The Kier molecular flexibility index (Phi) is 2.30. The van der Waals surface area contributed by atoms with Crippen LogP contribution in [0.1, 0.15) is 5.56 Å². The van der Waals surface area contributed by atoms with E-state index in [2.05, 4.69) is 43.0 Å². The highest BCUT2D eigenvalue weighted by Crippen LogP contribution is 2.37. The van der Waals surface area contributed by atoms with Crippen molar-refractivity contribution in [2.24, 2.45) is 5.73 Å². The summed E-state index contributed by atoms with van der Waals surface area (Å²) in [5, 5.41) is 6.99. The lowest BCUT2D eigenvalue weighted by Gasteiger charge is -2.14. The molecule has 2 heteroatoms. The fourth-order valence-corrected chi connectivity index (χ4v) is 3.13. The first-order chi connectivity index (χ1) is 10.2. The standard InChI is InChI=1S/C19H13NO/c1-11(19(20)21)15-9-7-14-6-5-12-3-2-4-13-8-10-16(15)18(14)17(12)13/h2-10H,1H2,(H2,20,21). The predicted octanol–water partition coefficient (Wildman–Crippen LogP) is 4.08. The van der Waals surface area contributed by atoms with Gasteiger partial charge in [-0.2, -0.15) is 0 Å². The Morgan fingerprint density at radius 2 is 1.38 bits per heavy atom. The van der Waals surface area contributed by atoms with Crippen molar-refractivity contribution in [3.8, 4) is 0 Å². The van der Waals surface area contributed by atoms with Gasteiger partial charge in [0, 0.05) is 5.57 Å². The molecule has 0 aliphatic heterocycles. The molecule has 0 aliphatic rings. The summed E-state index contributed by atoms with van der Waals surface area (Å²) in [5.41, 5.74) is 6.57. The van der Waals surface area contributed by atoms with Crippen LogP contribution in [0.15, 0.2) is 61.2 Å². The molecule has 0 fully saturated rings. The lowest BCUT2D eigenvalue weighted by molar-refractivity contribution is -0.112. The molecule has 0 aromatic heterocycles. The Hall–Kier alpha value is -2.87. The number of carbonyl (C=O) groups excluding carboxylic acids is 1. The van der Waals surface area contributed by atoms with Crippen molar-refractivity contribution in [3.05, 3.63) is 66.7 Å². The third kappa shape index (κ3) is 1.56. The van der Waals surface area contributed by atoms with E-state index in [4.69, 9.17) is 5.73 Å². The van der Waals surface area contributed by atoms with Crippen LogP contribution in [-0.2, 0) is 4.79 Å².